The molecule has 0 atom stereocenters. The van der Waals surface area contributed by atoms with Crippen LogP contribution in [0.3, 0.4) is 0 Å². The Morgan fingerprint density at radius 1 is 1.09 bits per heavy atom. The predicted molar refractivity (Wildman–Crippen MR) is 124 cm³/mol. The van der Waals surface area contributed by atoms with Crippen LogP contribution in [0.2, 0.25) is 0 Å². The number of alkyl halides is 2. The molecular formula is C23H22F2N6OS. The van der Waals surface area contributed by atoms with E-state index in [9.17, 15) is 8.78 Å². The fraction of sp³-hybridized carbons (Fsp3) is 0.217. The lowest BCUT2D eigenvalue weighted by Crippen LogP contribution is -2.04. The largest absolute Gasteiger partial charge is 0.435 e. The van der Waals surface area contributed by atoms with E-state index in [4.69, 9.17) is 12.2 Å². The van der Waals surface area contributed by atoms with Crippen molar-refractivity contribution in [2.45, 2.75) is 33.9 Å². The van der Waals surface area contributed by atoms with E-state index in [0.717, 1.165) is 22.5 Å². The fourth-order valence-corrected chi connectivity index (χ4v) is 3.58. The molecule has 0 amide bonds. The van der Waals surface area contributed by atoms with Gasteiger partial charge in [0.1, 0.15) is 5.75 Å². The fourth-order valence-electron chi connectivity index (χ4n) is 3.40. The maximum Gasteiger partial charge on any atom is 0.387 e. The lowest BCUT2D eigenvalue weighted by molar-refractivity contribution is -0.0498. The van der Waals surface area contributed by atoms with Gasteiger partial charge in [0.15, 0.2) is 5.82 Å². The molecule has 0 saturated heterocycles. The van der Waals surface area contributed by atoms with Gasteiger partial charge in [-0.05, 0) is 62.8 Å². The molecule has 0 radical (unpaired) electrons. The van der Waals surface area contributed by atoms with Gasteiger partial charge in [0.05, 0.1) is 18.5 Å². The molecule has 0 aliphatic carbocycles. The van der Waals surface area contributed by atoms with Gasteiger partial charge in [-0.2, -0.15) is 28.8 Å². The maximum atomic E-state index is 12.4. The molecule has 2 aromatic heterocycles. The molecule has 0 aliphatic heterocycles. The molecule has 10 heteroatoms. The molecule has 0 spiro atoms. The lowest BCUT2D eigenvalue weighted by Gasteiger charge is -2.06. The SMILES string of the molecule is Cc1ccc(Cn2nc(C)c(/C=N\n3c(-c4ccc(OC(F)F)cc4)n[nH]c3=S)c2C)cc1. The molecule has 4 aromatic rings. The molecular weight excluding hydrogens is 446 g/mol. The van der Waals surface area contributed by atoms with Gasteiger partial charge in [-0.15, -0.1) is 0 Å². The molecule has 0 saturated carbocycles. The van der Waals surface area contributed by atoms with Gasteiger partial charge in [-0.25, -0.2) is 5.10 Å². The van der Waals surface area contributed by atoms with E-state index in [1.807, 2.05) is 18.5 Å². The first-order valence-electron chi connectivity index (χ1n) is 10.2. The van der Waals surface area contributed by atoms with E-state index in [1.54, 1.807) is 18.3 Å². The lowest BCUT2D eigenvalue weighted by atomic mass is 10.1. The summed E-state index contributed by atoms with van der Waals surface area (Å²) in [5.74, 6) is 0.507. The van der Waals surface area contributed by atoms with Gasteiger partial charge in [0.2, 0.25) is 4.77 Å². The molecule has 0 aliphatic rings. The summed E-state index contributed by atoms with van der Waals surface area (Å²) in [6, 6.07) is 14.5. The Morgan fingerprint density at radius 2 is 1.79 bits per heavy atom. The van der Waals surface area contributed by atoms with Crippen LogP contribution in [0.4, 0.5) is 8.78 Å². The number of nitrogens with zero attached hydrogens (tertiary/aromatic N) is 5. The zero-order valence-electron chi connectivity index (χ0n) is 18.3. The zero-order valence-corrected chi connectivity index (χ0v) is 19.1. The van der Waals surface area contributed by atoms with Crippen LogP contribution in [-0.4, -0.2) is 37.5 Å². The quantitative estimate of drug-likeness (QED) is 0.297. The number of hydrogen-bond donors (Lipinski definition) is 1. The van der Waals surface area contributed by atoms with E-state index in [2.05, 4.69) is 56.3 Å². The molecule has 0 bridgehead atoms. The van der Waals surface area contributed by atoms with Gasteiger partial charge >= 0.3 is 6.61 Å². The van der Waals surface area contributed by atoms with Crippen LogP contribution in [0.15, 0.2) is 53.6 Å². The maximum absolute atomic E-state index is 12.4. The van der Waals surface area contributed by atoms with E-state index < -0.39 is 6.61 Å². The molecule has 2 aromatic carbocycles. The molecule has 1 N–H and O–H groups in total. The smallest absolute Gasteiger partial charge is 0.387 e. The summed E-state index contributed by atoms with van der Waals surface area (Å²) in [6.45, 7) is 3.75. The van der Waals surface area contributed by atoms with E-state index in [0.29, 0.717) is 22.7 Å². The van der Waals surface area contributed by atoms with Crippen molar-refractivity contribution in [2.75, 3.05) is 0 Å². The molecule has 33 heavy (non-hydrogen) atoms. The van der Waals surface area contributed by atoms with Crippen molar-refractivity contribution in [3.63, 3.8) is 0 Å². The van der Waals surface area contributed by atoms with Gasteiger partial charge < -0.3 is 4.74 Å². The zero-order chi connectivity index (χ0) is 23.5. The third-order valence-corrected chi connectivity index (χ3v) is 5.45. The third-order valence-electron chi connectivity index (χ3n) is 5.18. The summed E-state index contributed by atoms with van der Waals surface area (Å²) >= 11 is 5.33. The summed E-state index contributed by atoms with van der Waals surface area (Å²) in [6.07, 6.45) is 1.70. The van der Waals surface area contributed by atoms with Crippen LogP contribution in [0, 0.1) is 25.5 Å². The van der Waals surface area contributed by atoms with Crippen LogP contribution in [0.5, 0.6) is 5.75 Å². The number of nitrogens with one attached hydrogen (secondary N) is 1. The molecule has 7 nitrogen and oxygen atoms in total. The number of ether oxygens (including phenoxy) is 1. The third kappa shape index (κ3) is 5.06. The first kappa shape index (κ1) is 22.5. The van der Waals surface area contributed by atoms with Crippen LogP contribution in [-0.2, 0) is 6.54 Å². The summed E-state index contributed by atoms with van der Waals surface area (Å²) in [5.41, 5.74) is 5.72. The van der Waals surface area contributed by atoms with E-state index in [1.165, 1.54) is 22.4 Å². The topological polar surface area (TPSA) is 73.0 Å². The Labute approximate surface area is 194 Å². The van der Waals surface area contributed by atoms with Crippen LogP contribution < -0.4 is 4.74 Å². The summed E-state index contributed by atoms with van der Waals surface area (Å²) in [7, 11) is 0. The first-order chi connectivity index (χ1) is 15.8. The van der Waals surface area contributed by atoms with Crippen molar-refractivity contribution in [3.8, 4) is 17.1 Å². The summed E-state index contributed by atoms with van der Waals surface area (Å²) in [4.78, 5) is 0. The Morgan fingerprint density at radius 3 is 2.45 bits per heavy atom. The average Bonchev–Trinajstić information content (AvgIpc) is 3.27. The van der Waals surface area contributed by atoms with Crippen molar-refractivity contribution >= 4 is 18.4 Å². The van der Waals surface area contributed by atoms with Crippen LogP contribution in [0.1, 0.15) is 28.1 Å². The Kier molecular flexibility index (Phi) is 6.45. The number of aromatic nitrogens is 5. The van der Waals surface area contributed by atoms with Gasteiger partial charge in [-0.1, -0.05) is 29.8 Å². The predicted octanol–water partition coefficient (Wildman–Crippen LogP) is 5.26. The second-order valence-electron chi connectivity index (χ2n) is 7.54. The van der Waals surface area contributed by atoms with Crippen LogP contribution >= 0.6 is 12.2 Å². The minimum absolute atomic E-state index is 0.0603. The molecule has 2 heterocycles. The van der Waals surface area contributed by atoms with E-state index in [-0.39, 0.29) is 5.75 Å². The monoisotopic (exact) mass is 468 g/mol. The highest BCUT2D eigenvalue weighted by atomic mass is 32.1. The average molecular weight is 469 g/mol. The highest BCUT2D eigenvalue weighted by Crippen LogP contribution is 2.22. The molecule has 4 rings (SSSR count). The number of H-pyrrole nitrogens is 1. The van der Waals surface area contributed by atoms with Crippen molar-refractivity contribution in [2.24, 2.45) is 5.10 Å². The number of aromatic amines is 1. The summed E-state index contributed by atoms with van der Waals surface area (Å²) < 4.78 is 32.9. The minimum Gasteiger partial charge on any atom is -0.435 e. The molecule has 0 unspecified atom stereocenters. The number of halogens is 2. The van der Waals surface area contributed by atoms with Crippen molar-refractivity contribution in [1.82, 2.24) is 24.7 Å². The first-order valence-corrected chi connectivity index (χ1v) is 10.6. The minimum atomic E-state index is -2.88. The Balaban J connectivity index is 1.60. The van der Waals surface area contributed by atoms with E-state index >= 15 is 0 Å². The van der Waals surface area contributed by atoms with Gasteiger partial charge in [0, 0.05) is 16.8 Å². The van der Waals surface area contributed by atoms with Crippen molar-refractivity contribution < 1.29 is 13.5 Å². The highest BCUT2D eigenvalue weighted by molar-refractivity contribution is 7.71. The highest BCUT2D eigenvalue weighted by Gasteiger charge is 2.13. The number of benzene rings is 2. The van der Waals surface area contributed by atoms with Crippen molar-refractivity contribution in [3.05, 3.63) is 81.4 Å². The molecule has 170 valence electrons. The molecule has 0 fully saturated rings. The number of rotatable bonds is 7. The second kappa shape index (κ2) is 9.45. The van der Waals surface area contributed by atoms with Gasteiger partial charge in [-0.3, -0.25) is 4.68 Å². The number of aryl methyl sites for hydroxylation is 2. The van der Waals surface area contributed by atoms with Gasteiger partial charge in [0.25, 0.3) is 0 Å². The van der Waals surface area contributed by atoms with Crippen LogP contribution in [0.25, 0.3) is 11.4 Å². The van der Waals surface area contributed by atoms with Crippen molar-refractivity contribution in [1.29, 1.82) is 0 Å². The second-order valence-corrected chi connectivity index (χ2v) is 7.93. The Bertz CT molecular complexity index is 1340. The summed E-state index contributed by atoms with van der Waals surface area (Å²) in [5, 5.41) is 16.1. The normalized spacial score (nSPS) is 11.6. The number of hydrogen-bond acceptors (Lipinski definition) is 5. The Hall–Kier alpha value is -3.66. The standard InChI is InChI=1S/C23H22F2N6OS/c1-14-4-6-17(7-5-14)13-30-16(3)20(15(2)29-30)12-26-31-21(27-28-23(31)33)18-8-10-19(11-9-18)32-22(24)25/h4-12,22H,13H2,1-3H3,(H,28,33)/b26-12-.